The third-order valence-electron chi connectivity index (χ3n) is 4.05. The SMILES string of the molecule is CCNC(=NCc1ccccc1-n1nc(C)cc1C)NCCCCSC.I. The van der Waals surface area contributed by atoms with Gasteiger partial charge in [-0.25, -0.2) is 9.67 Å². The fourth-order valence-electron chi connectivity index (χ4n) is 2.81. The van der Waals surface area contributed by atoms with Gasteiger partial charge in [-0.3, -0.25) is 0 Å². The number of hydrogen-bond donors (Lipinski definition) is 2. The molecule has 2 rings (SSSR count). The zero-order valence-corrected chi connectivity index (χ0v) is 19.9. The second-order valence-corrected chi connectivity index (χ2v) is 7.28. The zero-order valence-electron chi connectivity index (χ0n) is 16.8. The monoisotopic (exact) mass is 501 g/mol. The largest absolute Gasteiger partial charge is 0.357 e. The van der Waals surface area contributed by atoms with Gasteiger partial charge in [-0.1, -0.05) is 18.2 Å². The number of para-hydroxylation sites is 1. The van der Waals surface area contributed by atoms with Crippen molar-refractivity contribution in [1.29, 1.82) is 0 Å². The number of aromatic nitrogens is 2. The summed E-state index contributed by atoms with van der Waals surface area (Å²) in [4.78, 5) is 4.77. The summed E-state index contributed by atoms with van der Waals surface area (Å²) in [6.07, 6.45) is 4.54. The van der Waals surface area contributed by atoms with Crippen LogP contribution in [0.25, 0.3) is 5.69 Å². The minimum absolute atomic E-state index is 0. The highest BCUT2D eigenvalue weighted by molar-refractivity contribution is 14.0. The molecule has 150 valence electrons. The second-order valence-electron chi connectivity index (χ2n) is 6.29. The van der Waals surface area contributed by atoms with Gasteiger partial charge in [-0.05, 0) is 63.3 Å². The molecule has 27 heavy (non-hydrogen) atoms. The van der Waals surface area contributed by atoms with Crippen LogP contribution in [-0.4, -0.2) is 40.8 Å². The maximum Gasteiger partial charge on any atom is 0.191 e. The van der Waals surface area contributed by atoms with E-state index in [0.717, 1.165) is 42.5 Å². The number of unbranched alkanes of at least 4 members (excludes halogenated alkanes) is 1. The fourth-order valence-corrected chi connectivity index (χ4v) is 3.30. The number of nitrogens with one attached hydrogen (secondary N) is 2. The van der Waals surface area contributed by atoms with Crippen LogP contribution in [0.5, 0.6) is 0 Å². The Morgan fingerprint density at radius 3 is 2.63 bits per heavy atom. The highest BCUT2D eigenvalue weighted by atomic mass is 127. The van der Waals surface area contributed by atoms with Crippen LogP contribution in [0.2, 0.25) is 0 Å². The lowest BCUT2D eigenvalue weighted by Gasteiger charge is -2.13. The van der Waals surface area contributed by atoms with Gasteiger partial charge in [-0.15, -0.1) is 24.0 Å². The summed E-state index contributed by atoms with van der Waals surface area (Å²) in [7, 11) is 0. The van der Waals surface area contributed by atoms with Crippen LogP contribution in [0.1, 0.15) is 36.7 Å². The molecule has 1 aromatic heterocycles. The Bertz CT molecular complexity index is 714. The number of halogens is 1. The van der Waals surface area contributed by atoms with Gasteiger partial charge in [0.2, 0.25) is 0 Å². The minimum atomic E-state index is 0. The number of nitrogens with zero attached hydrogens (tertiary/aromatic N) is 3. The van der Waals surface area contributed by atoms with E-state index in [9.17, 15) is 0 Å². The number of hydrogen-bond acceptors (Lipinski definition) is 3. The molecular formula is C20H32IN5S. The molecule has 0 radical (unpaired) electrons. The van der Waals surface area contributed by atoms with Gasteiger partial charge in [0.1, 0.15) is 0 Å². The maximum absolute atomic E-state index is 4.77. The van der Waals surface area contributed by atoms with Crippen LogP contribution >= 0.6 is 35.7 Å². The van der Waals surface area contributed by atoms with Gasteiger partial charge in [-0.2, -0.15) is 16.9 Å². The molecule has 0 unspecified atom stereocenters. The zero-order chi connectivity index (χ0) is 18.8. The summed E-state index contributed by atoms with van der Waals surface area (Å²) < 4.78 is 2.00. The minimum Gasteiger partial charge on any atom is -0.357 e. The summed E-state index contributed by atoms with van der Waals surface area (Å²) in [5.74, 6) is 2.09. The first kappa shape index (κ1) is 23.8. The Kier molecular flexibility index (Phi) is 11.5. The number of rotatable bonds is 9. The molecule has 0 saturated heterocycles. The summed E-state index contributed by atoms with van der Waals surface area (Å²) in [6.45, 7) is 8.62. The van der Waals surface area contributed by atoms with Crippen LogP contribution in [0.15, 0.2) is 35.3 Å². The van der Waals surface area contributed by atoms with Crippen molar-refractivity contribution in [2.24, 2.45) is 4.99 Å². The summed E-state index contributed by atoms with van der Waals surface area (Å²) in [5, 5.41) is 11.4. The molecule has 1 aromatic carbocycles. The first-order chi connectivity index (χ1) is 12.7. The summed E-state index contributed by atoms with van der Waals surface area (Å²) >= 11 is 1.90. The van der Waals surface area contributed by atoms with Crippen LogP contribution in [0, 0.1) is 13.8 Å². The second kappa shape index (κ2) is 13.0. The van der Waals surface area contributed by atoms with E-state index in [4.69, 9.17) is 4.99 Å². The predicted octanol–water partition coefficient (Wildman–Crippen LogP) is 4.31. The average Bonchev–Trinajstić information content (AvgIpc) is 2.97. The van der Waals surface area contributed by atoms with Crippen LogP contribution in [-0.2, 0) is 6.54 Å². The van der Waals surface area contributed by atoms with E-state index in [0.29, 0.717) is 6.54 Å². The van der Waals surface area contributed by atoms with Crippen molar-refractivity contribution in [1.82, 2.24) is 20.4 Å². The van der Waals surface area contributed by atoms with Crippen LogP contribution in [0.3, 0.4) is 0 Å². The first-order valence-corrected chi connectivity index (χ1v) is 10.7. The lowest BCUT2D eigenvalue weighted by molar-refractivity contribution is 0.733. The predicted molar refractivity (Wildman–Crippen MR) is 129 cm³/mol. The number of aliphatic imine (C=N–C) groups is 1. The molecule has 0 bridgehead atoms. The Labute approximate surface area is 184 Å². The Morgan fingerprint density at radius 2 is 1.96 bits per heavy atom. The van der Waals surface area contributed by atoms with E-state index < -0.39 is 0 Å². The molecule has 5 nitrogen and oxygen atoms in total. The van der Waals surface area contributed by atoms with Crippen molar-refractivity contribution in [3.63, 3.8) is 0 Å². The van der Waals surface area contributed by atoms with Crippen molar-refractivity contribution in [3.05, 3.63) is 47.3 Å². The van der Waals surface area contributed by atoms with Gasteiger partial charge >= 0.3 is 0 Å². The number of guanidine groups is 1. The molecule has 0 amide bonds. The molecule has 0 saturated carbocycles. The highest BCUT2D eigenvalue weighted by Gasteiger charge is 2.08. The van der Waals surface area contributed by atoms with Gasteiger partial charge < -0.3 is 10.6 Å². The molecule has 0 aliphatic heterocycles. The van der Waals surface area contributed by atoms with E-state index in [1.165, 1.54) is 17.7 Å². The number of benzene rings is 1. The lowest BCUT2D eigenvalue weighted by Crippen LogP contribution is -2.37. The normalized spacial score (nSPS) is 11.2. The maximum atomic E-state index is 4.77. The fraction of sp³-hybridized carbons (Fsp3) is 0.500. The van der Waals surface area contributed by atoms with Crippen molar-refractivity contribution < 1.29 is 0 Å². The van der Waals surface area contributed by atoms with Gasteiger partial charge in [0.15, 0.2) is 5.96 Å². The highest BCUT2D eigenvalue weighted by Crippen LogP contribution is 2.17. The Hall–Kier alpha value is -1.22. The van der Waals surface area contributed by atoms with Crippen molar-refractivity contribution >= 4 is 41.7 Å². The van der Waals surface area contributed by atoms with E-state index in [1.54, 1.807) is 0 Å². The molecule has 0 aliphatic carbocycles. The van der Waals surface area contributed by atoms with Crippen LogP contribution in [0.4, 0.5) is 0 Å². The van der Waals surface area contributed by atoms with E-state index >= 15 is 0 Å². The van der Waals surface area contributed by atoms with E-state index in [1.807, 2.05) is 29.4 Å². The quantitative estimate of drug-likeness (QED) is 0.233. The first-order valence-electron chi connectivity index (χ1n) is 9.28. The molecule has 2 aromatic rings. The molecule has 2 N–H and O–H groups in total. The van der Waals surface area contributed by atoms with Crippen molar-refractivity contribution in [2.45, 2.75) is 40.2 Å². The average molecular weight is 501 g/mol. The molecule has 0 aliphatic rings. The van der Waals surface area contributed by atoms with E-state index in [-0.39, 0.29) is 24.0 Å². The molecule has 7 heteroatoms. The Morgan fingerprint density at radius 1 is 1.19 bits per heavy atom. The lowest BCUT2D eigenvalue weighted by atomic mass is 10.2. The van der Waals surface area contributed by atoms with Crippen LogP contribution < -0.4 is 10.6 Å². The van der Waals surface area contributed by atoms with Gasteiger partial charge in [0.25, 0.3) is 0 Å². The standard InChI is InChI=1S/C20H31N5S.HI/c1-5-21-20(22-12-8-9-13-26-4)23-15-18-10-6-7-11-19(18)25-17(3)14-16(2)24-25;/h6-7,10-11,14H,5,8-9,12-13,15H2,1-4H3,(H2,21,22,23);1H. The number of thioether (sulfide) groups is 1. The molecule has 0 atom stereocenters. The number of aryl methyl sites for hydroxylation is 2. The summed E-state index contributed by atoms with van der Waals surface area (Å²) in [5.41, 5.74) is 4.43. The van der Waals surface area contributed by atoms with Crippen molar-refractivity contribution in [3.8, 4) is 5.69 Å². The van der Waals surface area contributed by atoms with Gasteiger partial charge in [0, 0.05) is 18.8 Å². The van der Waals surface area contributed by atoms with E-state index in [2.05, 4.69) is 60.1 Å². The summed E-state index contributed by atoms with van der Waals surface area (Å²) in [6, 6.07) is 10.4. The molecule has 1 heterocycles. The Balaban J connectivity index is 0.00000364. The van der Waals surface area contributed by atoms with Crippen molar-refractivity contribution in [2.75, 3.05) is 25.1 Å². The van der Waals surface area contributed by atoms with Gasteiger partial charge in [0.05, 0.1) is 17.9 Å². The topological polar surface area (TPSA) is 54.2 Å². The molecule has 0 fully saturated rings. The third-order valence-corrected chi connectivity index (χ3v) is 4.75. The smallest absolute Gasteiger partial charge is 0.191 e. The molecule has 0 spiro atoms. The third kappa shape index (κ3) is 7.73. The molecular weight excluding hydrogens is 469 g/mol.